The molecule has 0 bridgehead atoms. The van der Waals surface area contributed by atoms with Gasteiger partial charge >= 0.3 is 0 Å². The highest BCUT2D eigenvalue weighted by atomic mass is 32.2. The van der Waals surface area contributed by atoms with Crippen molar-refractivity contribution >= 4 is 11.8 Å². The minimum atomic E-state index is 0.679. The molecule has 0 radical (unpaired) electrons. The molecule has 2 nitrogen and oxygen atoms in total. The summed E-state index contributed by atoms with van der Waals surface area (Å²) in [5.74, 6) is 1.06. The molecule has 1 aromatic rings. The smallest absolute Gasteiger partial charge is 0.114 e. The summed E-state index contributed by atoms with van der Waals surface area (Å²) in [6.45, 7) is 5.32. The number of hydrogen-bond acceptors (Lipinski definition) is 3. The lowest BCUT2D eigenvalue weighted by molar-refractivity contribution is 0.390. The molecule has 1 aliphatic carbocycles. The lowest BCUT2D eigenvalue weighted by Crippen LogP contribution is -2.40. The van der Waals surface area contributed by atoms with Crippen LogP contribution >= 0.6 is 11.8 Å². The second-order valence-corrected chi connectivity index (χ2v) is 5.73. The van der Waals surface area contributed by atoms with Crippen LogP contribution in [-0.4, -0.2) is 17.8 Å². The first kappa shape index (κ1) is 12.1. The van der Waals surface area contributed by atoms with Gasteiger partial charge in [0.2, 0.25) is 0 Å². The number of thioether (sulfide) groups is 1. The molecule has 1 aromatic heterocycles. The first-order chi connectivity index (χ1) is 7.81. The molecule has 0 amide bonds. The molecule has 3 heteroatoms. The molecule has 0 spiro atoms. The summed E-state index contributed by atoms with van der Waals surface area (Å²) in [5, 5.41) is 4.33. The third-order valence-corrected chi connectivity index (χ3v) is 4.80. The fraction of sp³-hybridized carbons (Fsp3) is 0.692. The first-order valence-electron chi connectivity index (χ1n) is 6.25. The Balaban J connectivity index is 1.98. The molecule has 90 valence electrons. The van der Waals surface area contributed by atoms with Crippen molar-refractivity contribution in [3.05, 3.63) is 18.1 Å². The topological polar surface area (TPSA) is 25.2 Å². The maximum atomic E-state index is 5.36. The van der Waals surface area contributed by atoms with E-state index in [1.165, 1.54) is 30.6 Å². The van der Waals surface area contributed by atoms with E-state index < -0.39 is 0 Å². The molecule has 1 aliphatic rings. The van der Waals surface area contributed by atoms with Crippen molar-refractivity contribution in [2.24, 2.45) is 0 Å². The van der Waals surface area contributed by atoms with E-state index >= 15 is 0 Å². The van der Waals surface area contributed by atoms with Gasteiger partial charge in [-0.05, 0) is 32.4 Å². The summed E-state index contributed by atoms with van der Waals surface area (Å²) in [6, 6.07) is 2.77. The molecule has 1 heterocycles. The van der Waals surface area contributed by atoms with Crippen molar-refractivity contribution in [2.75, 3.05) is 6.54 Å². The molecular weight excluding hydrogens is 218 g/mol. The van der Waals surface area contributed by atoms with Crippen LogP contribution in [0.1, 0.15) is 38.4 Å². The Morgan fingerprint density at radius 3 is 2.94 bits per heavy atom. The Labute approximate surface area is 102 Å². The van der Waals surface area contributed by atoms with Crippen LogP contribution in [0.15, 0.2) is 21.6 Å². The van der Waals surface area contributed by atoms with Gasteiger partial charge in [-0.3, -0.25) is 0 Å². The molecule has 1 saturated carbocycles. The van der Waals surface area contributed by atoms with Gasteiger partial charge < -0.3 is 9.73 Å². The monoisotopic (exact) mass is 239 g/mol. The van der Waals surface area contributed by atoms with Gasteiger partial charge in [-0.15, -0.1) is 11.8 Å². The third kappa shape index (κ3) is 2.83. The minimum Gasteiger partial charge on any atom is -0.468 e. The average molecular weight is 239 g/mol. The van der Waals surface area contributed by atoms with Crippen LogP contribution in [0.3, 0.4) is 0 Å². The number of rotatable bonds is 4. The lowest BCUT2D eigenvalue weighted by atomic mass is 9.95. The van der Waals surface area contributed by atoms with Crippen LogP contribution in [0.4, 0.5) is 0 Å². The Hall–Kier alpha value is -0.410. The molecule has 0 aliphatic heterocycles. The molecular formula is C13H21NOS. The molecule has 1 fully saturated rings. The van der Waals surface area contributed by atoms with Crippen molar-refractivity contribution in [3.63, 3.8) is 0 Å². The highest BCUT2D eigenvalue weighted by Gasteiger charge is 2.25. The van der Waals surface area contributed by atoms with Crippen molar-refractivity contribution in [1.82, 2.24) is 5.32 Å². The fourth-order valence-corrected chi connectivity index (χ4v) is 3.75. The summed E-state index contributed by atoms with van der Waals surface area (Å²) in [5.41, 5.74) is 0. The van der Waals surface area contributed by atoms with Gasteiger partial charge in [0.05, 0.1) is 6.26 Å². The summed E-state index contributed by atoms with van der Waals surface area (Å²) in [7, 11) is 0. The second kappa shape index (κ2) is 5.78. The Bertz CT molecular complexity index is 321. The SMILES string of the molecule is CCNC1CCCCC1Sc1ccoc1C. The van der Waals surface area contributed by atoms with Crippen molar-refractivity contribution in [2.45, 2.75) is 55.7 Å². The zero-order valence-electron chi connectivity index (χ0n) is 10.2. The number of hydrogen-bond donors (Lipinski definition) is 1. The molecule has 0 saturated heterocycles. The molecule has 0 aromatic carbocycles. The van der Waals surface area contributed by atoms with Gasteiger partial charge in [0.1, 0.15) is 5.76 Å². The standard InChI is InChI=1S/C13H21NOS/c1-3-14-11-6-4-5-7-13(11)16-12-8-9-15-10(12)2/h8-9,11,13-14H,3-7H2,1-2H3. The molecule has 2 atom stereocenters. The highest BCUT2D eigenvalue weighted by Crippen LogP contribution is 2.35. The second-order valence-electron chi connectivity index (χ2n) is 4.45. The van der Waals surface area contributed by atoms with Crippen LogP contribution in [-0.2, 0) is 0 Å². The lowest BCUT2D eigenvalue weighted by Gasteiger charge is -2.31. The largest absolute Gasteiger partial charge is 0.468 e. The van der Waals surface area contributed by atoms with E-state index in [2.05, 4.69) is 18.3 Å². The van der Waals surface area contributed by atoms with Gasteiger partial charge in [-0.2, -0.15) is 0 Å². The van der Waals surface area contributed by atoms with Crippen LogP contribution < -0.4 is 5.32 Å². The van der Waals surface area contributed by atoms with E-state index in [9.17, 15) is 0 Å². The van der Waals surface area contributed by atoms with E-state index in [1.54, 1.807) is 6.26 Å². The maximum absolute atomic E-state index is 5.36. The van der Waals surface area contributed by atoms with Gasteiger partial charge in [-0.25, -0.2) is 0 Å². The van der Waals surface area contributed by atoms with E-state index in [4.69, 9.17) is 4.42 Å². The van der Waals surface area contributed by atoms with E-state index in [0.29, 0.717) is 11.3 Å². The number of furan rings is 1. The molecule has 2 rings (SSSR count). The zero-order chi connectivity index (χ0) is 11.4. The summed E-state index contributed by atoms with van der Waals surface area (Å²) in [6.07, 6.45) is 7.19. The fourth-order valence-electron chi connectivity index (χ4n) is 2.39. The molecule has 2 unspecified atom stereocenters. The molecule has 1 N–H and O–H groups in total. The number of aryl methyl sites for hydroxylation is 1. The Morgan fingerprint density at radius 1 is 1.44 bits per heavy atom. The summed E-state index contributed by atoms with van der Waals surface area (Å²) < 4.78 is 5.36. The third-order valence-electron chi connectivity index (χ3n) is 3.26. The van der Waals surface area contributed by atoms with Crippen LogP contribution in [0.25, 0.3) is 0 Å². The van der Waals surface area contributed by atoms with E-state index in [0.717, 1.165) is 12.3 Å². The van der Waals surface area contributed by atoms with Crippen LogP contribution in [0, 0.1) is 6.92 Å². The predicted octanol–water partition coefficient (Wildman–Crippen LogP) is 3.60. The van der Waals surface area contributed by atoms with Crippen LogP contribution in [0.2, 0.25) is 0 Å². The van der Waals surface area contributed by atoms with Gasteiger partial charge in [0.15, 0.2) is 0 Å². The summed E-state index contributed by atoms with van der Waals surface area (Å²) in [4.78, 5) is 1.31. The quantitative estimate of drug-likeness (QED) is 0.869. The minimum absolute atomic E-state index is 0.679. The molecule has 16 heavy (non-hydrogen) atoms. The average Bonchev–Trinajstić information content (AvgIpc) is 2.68. The van der Waals surface area contributed by atoms with Gasteiger partial charge in [0.25, 0.3) is 0 Å². The number of nitrogens with one attached hydrogen (secondary N) is 1. The van der Waals surface area contributed by atoms with E-state index in [-0.39, 0.29) is 0 Å². The Morgan fingerprint density at radius 2 is 2.25 bits per heavy atom. The van der Waals surface area contributed by atoms with Gasteiger partial charge in [0, 0.05) is 16.2 Å². The van der Waals surface area contributed by atoms with Crippen LogP contribution in [0.5, 0.6) is 0 Å². The summed E-state index contributed by atoms with van der Waals surface area (Å²) >= 11 is 1.99. The Kier molecular flexibility index (Phi) is 4.36. The zero-order valence-corrected chi connectivity index (χ0v) is 11.0. The van der Waals surface area contributed by atoms with Crippen molar-refractivity contribution in [3.8, 4) is 0 Å². The van der Waals surface area contributed by atoms with E-state index in [1.807, 2.05) is 18.7 Å². The maximum Gasteiger partial charge on any atom is 0.114 e. The first-order valence-corrected chi connectivity index (χ1v) is 7.13. The highest BCUT2D eigenvalue weighted by molar-refractivity contribution is 8.00. The van der Waals surface area contributed by atoms with Gasteiger partial charge in [-0.1, -0.05) is 19.8 Å². The van der Waals surface area contributed by atoms with Crippen molar-refractivity contribution < 1.29 is 4.42 Å². The predicted molar refractivity (Wildman–Crippen MR) is 69.0 cm³/mol. The normalized spacial score (nSPS) is 25.9. The van der Waals surface area contributed by atoms with Crippen molar-refractivity contribution in [1.29, 1.82) is 0 Å².